The smallest absolute Gasteiger partial charge is 0.137 e. The Bertz CT molecular complexity index is 834. The molecule has 2 nitrogen and oxygen atoms in total. The van der Waals surface area contributed by atoms with Crippen LogP contribution in [0.4, 0.5) is 0 Å². The van der Waals surface area contributed by atoms with Crippen molar-refractivity contribution in [1.29, 1.82) is 0 Å². The molecule has 0 amide bonds. The van der Waals surface area contributed by atoms with Gasteiger partial charge in [-0.2, -0.15) is 0 Å². The maximum absolute atomic E-state index is 5.00. The minimum Gasteiger partial charge on any atom is -0.303 e. The van der Waals surface area contributed by atoms with Gasteiger partial charge in [-0.05, 0) is 62.4 Å². The van der Waals surface area contributed by atoms with Crippen LogP contribution in [0.5, 0.6) is 0 Å². The fraction of sp³-hybridized carbons (Fsp3) is 0.318. The molecular formula is C22H24N2. The predicted molar refractivity (Wildman–Crippen MR) is 99.7 cm³/mol. The van der Waals surface area contributed by atoms with Gasteiger partial charge in [0.25, 0.3) is 0 Å². The monoisotopic (exact) mass is 316 g/mol. The highest BCUT2D eigenvalue weighted by Crippen LogP contribution is 2.38. The van der Waals surface area contributed by atoms with E-state index in [0.717, 1.165) is 11.5 Å². The molecule has 0 spiro atoms. The molecule has 0 unspecified atom stereocenters. The second kappa shape index (κ2) is 6.27. The molecule has 2 heteroatoms. The first-order valence-corrected chi connectivity index (χ1v) is 8.96. The normalized spacial score (nSPS) is 15.1. The highest BCUT2D eigenvalue weighted by molar-refractivity contribution is 5.65. The van der Waals surface area contributed by atoms with Crippen LogP contribution in [-0.2, 0) is 0 Å². The first kappa shape index (κ1) is 15.2. The first-order valence-electron chi connectivity index (χ1n) is 8.96. The van der Waals surface area contributed by atoms with Crippen LogP contribution < -0.4 is 0 Å². The van der Waals surface area contributed by atoms with Gasteiger partial charge in [0.1, 0.15) is 5.82 Å². The van der Waals surface area contributed by atoms with Gasteiger partial charge >= 0.3 is 0 Å². The van der Waals surface area contributed by atoms with Gasteiger partial charge < -0.3 is 4.57 Å². The molecule has 1 fully saturated rings. The highest BCUT2D eigenvalue weighted by Gasteiger charge is 2.20. The molecule has 0 saturated heterocycles. The van der Waals surface area contributed by atoms with Crippen molar-refractivity contribution in [2.45, 2.75) is 45.4 Å². The summed E-state index contributed by atoms with van der Waals surface area (Å²) in [5, 5.41) is 0. The van der Waals surface area contributed by atoms with Gasteiger partial charge in [-0.15, -0.1) is 0 Å². The number of nitrogens with zero attached hydrogens (tertiary/aromatic N) is 2. The number of hydrogen-bond acceptors (Lipinski definition) is 1. The standard InChI is InChI=1S/C22H24N2/c1-16-14-15-17(2)24(16)22-13-7-12-21(23-22)20-11-6-5-10-19(20)18-8-3-4-9-18/h5-7,10-15,18H,3-4,8-9H2,1-2H3. The summed E-state index contributed by atoms with van der Waals surface area (Å²) in [4.78, 5) is 5.00. The number of pyridine rings is 1. The Labute approximate surface area is 144 Å². The van der Waals surface area contributed by atoms with Crippen molar-refractivity contribution >= 4 is 0 Å². The molecule has 0 radical (unpaired) electrons. The molecule has 0 aliphatic heterocycles. The molecule has 1 saturated carbocycles. The fourth-order valence-electron chi connectivity index (χ4n) is 4.05. The van der Waals surface area contributed by atoms with Gasteiger partial charge in [-0.1, -0.05) is 43.2 Å². The molecule has 24 heavy (non-hydrogen) atoms. The van der Waals surface area contributed by atoms with Crippen LogP contribution in [0.3, 0.4) is 0 Å². The van der Waals surface area contributed by atoms with Crippen molar-refractivity contribution < 1.29 is 0 Å². The van der Waals surface area contributed by atoms with Crippen LogP contribution in [0.15, 0.2) is 54.6 Å². The second-order valence-electron chi connectivity index (χ2n) is 6.90. The average Bonchev–Trinajstić information content (AvgIpc) is 3.25. The molecule has 3 aromatic rings. The van der Waals surface area contributed by atoms with Gasteiger partial charge in [0.2, 0.25) is 0 Å². The van der Waals surface area contributed by atoms with Crippen LogP contribution in [0.1, 0.15) is 48.6 Å². The van der Waals surface area contributed by atoms with E-state index in [1.165, 1.54) is 48.2 Å². The zero-order valence-electron chi connectivity index (χ0n) is 14.5. The quantitative estimate of drug-likeness (QED) is 0.596. The van der Waals surface area contributed by atoms with Crippen LogP contribution in [0, 0.1) is 13.8 Å². The number of aryl methyl sites for hydroxylation is 2. The largest absolute Gasteiger partial charge is 0.303 e. The van der Waals surface area contributed by atoms with E-state index in [4.69, 9.17) is 4.98 Å². The van der Waals surface area contributed by atoms with E-state index in [-0.39, 0.29) is 0 Å². The van der Waals surface area contributed by atoms with Crippen molar-refractivity contribution in [3.63, 3.8) is 0 Å². The van der Waals surface area contributed by atoms with Crippen LogP contribution in [-0.4, -0.2) is 9.55 Å². The van der Waals surface area contributed by atoms with E-state index in [0.29, 0.717) is 5.92 Å². The topological polar surface area (TPSA) is 17.8 Å². The fourth-order valence-corrected chi connectivity index (χ4v) is 4.05. The van der Waals surface area contributed by atoms with E-state index in [1.54, 1.807) is 0 Å². The summed E-state index contributed by atoms with van der Waals surface area (Å²) in [5.74, 6) is 1.70. The Balaban J connectivity index is 1.80. The third-order valence-electron chi connectivity index (χ3n) is 5.27. The van der Waals surface area contributed by atoms with Crippen LogP contribution in [0.25, 0.3) is 17.1 Å². The molecule has 0 atom stereocenters. The zero-order valence-corrected chi connectivity index (χ0v) is 14.5. The summed E-state index contributed by atoms with van der Waals surface area (Å²) < 4.78 is 2.22. The third-order valence-corrected chi connectivity index (χ3v) is 5.27. The van der Waals surface area contributed by atoms with Gasteiger partial charge in [0.15, 0.2) is 0 Å². The summed E-state index contributed by atoms with van der Waals surface area (Å²) in [6.45, 7) is 4.27. The molecule has 4 rings (SSSR count). The van der Waals surface area contributed by atoms with E-state index in [1.807, 2.05) is 0 Å². The van der Waals surface area contributed by atoms with Crippen LogP contribution >= 0.6 is 0 Å². The van der Waals surface area contributed by atoms with Gasteiger partial charge in [-0.3, -0.25) is 0 Å². The number of hydrogen-bond donors (Lipinski definition) is 0. The number of benzene rings is 1. The van der Waals surface area contributed by atoms with Gasteiger partial charge in [-0.25, -0.2) is 4.98 Å². The summed E-state index contributed by atoms with van der Waals surface area (Å²) >= 11 is 0. The molecule has 1 aromatic carbocycles. The molecule has 0 bridgehead atoms. The highest BCUT2D eigenvalue weighted by atomic mass is 15.1. The number of rotatable bonds is 3. The van der Waals surface area contributed by atoms with E-state index < -0.39 is 0 Å². The van der Waals surface area contributed by atoms with Crippen molar-refractivity contribution in [2.24, 2.45) is 0 Å². The Hall–Kier alpha value is -2.35. The lowest BCUT2D eigenvalue weighted by atomic mass is 9.91. The lowest BCUT2D eigenvalue weighted by Gasteiger charge is -2.16. The predicted octanol–water partition coefficient (Wildman–Crippen LogP) is 5.81. The molecule has 122 valence electrons. The SMILES string of the molecule is Cc1ccc(C)n1-c1cccc(-c2ccccc2C2CCCC2)n1. The molecule has 2 heterocycles. The minimum atomic E-state index is 0.696. The second-order valence-corrected chi connectivity index (χ2v) is 6.90. The summed E-state index contributed by atoms with van der Waals surface area (Å²) in [7, 11) is 0. The first-order chi connectivity index (χ1) is 11.7. The molecule has 2 aromatic heterocycles. The minimum absolute atomic E-state index is 0.696. The van der Waals surface area contributed by atoms with Crippen LogP contribution in [0.2, 0.25) is 0 Å². The van der Waals surface area contributed by atoms with E-state index in [2.05, 4.69) is 73.0 Å². The Morgan fingerprint density at radius 1 is 0.833 bits per heavy atom. The van der Waals surface area contributed by atoms with E-state index in [9.17, 15) is 0 Å². The summed E-state index contributed by atoms with van der Waals surface area (Å²) in [6, 6.07) is 19.5. The van der Waals surface area contributed by atoms with E-state index >= 15 is 0 Å². The maximum atomic E-state index is 5.00. The molecular weight excluding hydrogens is 292 g/mol. The lowest BCUT2D eigenvalue weighted by molar-refractivity contribution is 0.724. The van der Waals surface area contributed by atoms with Crippen molar-refractivity contribution in [3.8, 4) is 17.1 Å². The van der Waals surface area contributed by atoms with Crippen molar-refractivity contribution in [2.75, 3.05) is 0 Å². The third kappa shape index (κ3) is 2.66. The van der Waals surface area contributed by atoms with Gasteiger partial charge in [0, 0.05) is 17.0 Å². The maximum Gasteiger partial charge on any atom is 0.137 e. The molecule has 1 aliphatic rings. The van der Waals surface area contributed by atoms with Gasteiger partial charge in [0.05, 0.1) is 5.69 Å². The number of aromatic nitrogens is 2. The molecule has 1 aliphatic carbocycles. The van der Waals surface area contributed by atoms with Crippen molar-refractivity contribution in [1.82, 2.24) is 9.55 Å². The average molecular weight is 316 g/mol. The van der Waals surface area contributed by atoms with Crippen molar-refractivity contribution in [3.05, 3.63) is 71.5 Å². The molecule has 0 N–H and O–H groups in total. The summed E-state index contributed by atoms with van der Waals surface area (Å²) in [6.07, 6.45) is 5.33. The Morgan fingerprint density at radius 2 is 1.54 bits per heavy atom. The Kier molecular flexibility index (Phi) is 3.97. The summed E-state index contributed by atoms with van der Waals surface area (Å²) in [5.41, 5.74) is 6.30. The zero-order chi connectivity index (χ0) is 16.5. The Morgan fingerprint density at radius 3 is 2.29 bits per heavy atom. The lowest BCUT2D eigenvalue weighted by Crippen LogP contribution is -2.03.